The van der Waals surface area contributed by atoms with Crippen molar-refractivity contribution in [2.45, 2.75) is 6.92 Å². The third kappa shape index (κ3) is 3.37. The molecule has 3 nitrogen and oxygen atoms in total. The molecule has 0 N–H and O–H groups in total. The van der Waals surface area contributed by atoms with Crippen molar-refractivity contribution < 1.29 is 23.0 Å². The fraction of sp³-hybridized carbons (Fsp3) is 0.188. The molecular formula is C16H14F2O3. The third-order valence-electron chi connectivity index (χ3n) is 2.93. The number of ketones is 1. The van der Waals surface area contributed by atoms with Gasteiger partial charge in [0, 0.05) is 0 Å². The van der Waals surface area contributed by atoms with Crippen molar-refractivity contribution in [2.75, 3.05) is 13.7 Å². The minimum absolute atomic E-state index is 0.297. The van der Waals surface area contributed by atoms with Gasteiger partial charge in [0.15, 0.2) is 18.2 Å². The molecule has 2 aromatic rings. The molecule has 0 saturated heterocycles. The average molecular weight is 292 g/mol. The van der Waals surface area contributed by atoms with Crippen molar-refractivity contribution in [3.8, 4) is 11.5 Å². The van der Waals surface area contributed by atoms with Crippen molar-refractivity contribution in [1.29, 1.82) is 0 Å². The number of benzene rings is 2. The summed E-state index contributed by atoms with van der Waals surface area (Å²) in [5.41, 5.74) is 1.28. The highest BCUT2D eigenvalue weighted by molar-refractivity contribution is 5.99. The lowest BCUT2D eigenvalue weighted by atomic mass is 10.1. The Bertz CT molecular complexity index is 669. The van der Waals surface area contributed by atoms with Gasteiger partial charge in [-0.1, -0.05) is 12.1 Å². The molecule has 0 spiro atoms. The number of ether oxygens (including phenoxy) is 2. The molecule has 0 amide bonds. The number of halogens is 2. The molecule has 0 aliphatic heterocycles. The van der Waals surface area contributed by atoms with E-state index in [0.29, 0.717) is 11.3 Å². The fourth-order valence-corrected chi connectivity index (χ4v) is 1.85. The summed E-state index contributed by atoms with van der Waals surface area (Å²) in [6.45, 7) is 1.47. The fourth-order valence-electron chi connectivity index (χ4n) is 1.85. The molecule has 0 aromatic heterocycles. The summed E-state index contributed by atoms with van der Waals surface area (Å²) in [6.07, 6.45) is 0. The molecule has 2 rings (SSSR count). The van der Waals surface area contributed by atoms with E-state index < -0.39 is 18.2 Å². The lowest BCUT2D eigenvalue weighted by Crippen LogP contribution is -2.13. The van der Waals surface area contributed by atoms with Gasteiger partial charge in [0.25, 0.3) is 0 Å². The van der Waals surface area contributed by atoms with Crippen molar-refractivity contribution in [2.24, 2.45) is 0 Å². The maximum atomic E-state index is 13.4. The molecule has 0 saturated carbocycles. The molecule has 0 atom stereocenters. The summed E-state index contributed by atoms with van der Waals surface area (Å²) in [7, 11) is 1.46. The Morgan fingerprint density at radius 3 is 2.62 bits per heavy atom. The first kappa shape index (κ1) is 15.0. The van der Waals surface area contributed by atoms with Crippen LogP contribution in [0.25, 0.3) is 0 Å². The molecule has 5 heteroatoms. The van der Waals surface area contributed by atoms with Crippen LogP contribution < -0.4 is 9.47 Å². The van der Waals surface area contributed by atoms with Gasteiger partial charge in [-0.3, -0.25) is 4.79 Å². The van der Waals surface area contributed by atoms with Crippen LogP contribution in [0.4, 0.5) is 8.78 Å². The maximum Gasteiger partial charge on any atom is 0.203 e. The van der Waals surface area contributed by atoms with E-state index in [2.05, 4.69) is 0 Å². The second-order valence-electron chi connectivity index (χ2n) is 4.47. The number of Topliss-reactive ketones (excluding diaryl/α,β-unsaturated/α-hetero) is 1. The van der Waals surface area contributed by atoms with Crippen molar-refractivity contribution in [1.82, 2.24) is 0 Å². The smallest absolute Gasteiger partial charge is 0.203 e. The highest BCUT2D eigenvalue weighted by Gasteiger charge is 2.15. The topological polar surface area (TPSA) is 35.5 Å². The molecule has 0 bridgehead atoms. The van der Waals surface area contributed by atoms with E-state index in [-0.39, 0.29) is 11.5 Å². The van der Waals surface area contributed by atoms with Crippen molar-refractivity contribution >= 4 is 5.78 Å². The zero-order valence-corrected chi connectivity index (χ0v) is 11.7. The van der Waals surface area contributed by atoms with Gasteiger partial charge in [-0.15, -0.1) is 0 Å². The molecule has 2 aromatic carbocycles. The molecule has 110 valence electrons. The van der Waals surface area contributed by atoms with Gasteiger partial charge in [-0.05, 0) is 36.8 Å². The van der Waals surface area contributed by atoms with Gasteiger partial charge in [0.2, 0.25) is 11.6 Å². The number of aryl methyl sites for hydroxylation is 1. The van der Waals surface area contributed by atoms with Crippen LogP contribution in [0, 0.1) is 18.6 Å². The van der Waals surface area contributed by atoms with Gasteiger partial charge in [0.1, 0.15) is 5.75 Å². The van der Waals surface area contributed by atoms with Crippen LogP contribution in [-0.2, 0) is 0 Å². The monoisotopic (exact) mass is 292 g/mol. The van der Waals surface area contributed by atoms with E-state index in [1.807, 2.05) is 6.92 Å². The van der Waals surface area contributed by atoms with Crippen LogP contribution in [0.1, 0.15) is 15.9 Å². The number of carbonyl (C=O) groups is 1. The van der Waals surface area contributed by atoms with Crippen LogP contribution in [0.2, 0.25) is 0 Å². The minimum Gasteiger partial charge on any atom is -0.496 e. The minimum atomic E-state index is -1.11. The summed E-state index contributed by atoms with van der Waals surface area (Å²) in [6, 6.07) is 8.64. The first-order valence-electron chi connectivity index (χ1n) is 6.27. The lowest BCUT2D eigenvalue weighted by molar-refractivity contribution is 0.0915. The van der Waals surface area contributed by atoms with Crippen LogP contribution in [-0.4, -0.2) is 19.5 Å². The largest absolute Gasteiger partial charge is 0.496 e. The molecule has 0 fully saturated rings. The van der Waals surface area contributed by atoms with Crippen LogP contribution in [0.5, 0.6) is 11.5 Å². The Balaban J connectivity index is 2.14. The first-order valence-corrected chi connectivity index (χ1v) is 6.27. The Labute approximate surface area is 121 Å². The zero-order valence-electron chi connectivity index (χ0n) is 11.7. The van der Waals surface area contributed by atoms with Crippen LogP contribution >= 0.6 is 0 Å². The maximum absolute atomic E-state index is 13.4. The predicted molar refractivity (Wildman–Crippen MR) is 73.9 cm³/mol. The molecule has 0 aliphatic rings. The summed E-state index contributed by atoms with van der Waals surface area (Å²) in [5, 5.41) is 0. The second kappa shape index (κ2) is 6.35. The van der Waals surface area contributed by atoms with Gasteiger partial charge in [-0.2, -0.15) is 4.39 Å². The highest BCUT2D eigenvalue weighted by Crippen LogP contribution is 2.22. The van der Waals surface area contributed by atoms with Crippen molar-refractivity contribution in [3.05, 3.63) is 59.2 Å². The summed E-state index contributed by atoms with van der Waals surface area (Å²) >= 11 is 0. The summed E-state index contributed by atoms with van der Waals surface area (Å²) < 4.78 is 36.6. The molecular weight excluding hydrogens is 278 g/mol. The normalized spacial score (nSPS) is 10.3. The Kier molecular flexibility index (Phi) is 4.52. The second-order valence-corrected chi connectivity index (χ2v) is 4.47. The Morgan fingerprint density at radius 1 is 1.14 bits per heavy atom. The third-order valence-corrected chi connectivity index (χ3v) is 2.93. The van der Waals surface area contributed by atoms with E-state index in [1.165, 1.54) is 19.2 Å². The van der Waals surface area contributed by atoms with Crippen LogP contribution in [0.15, 0.2) is 36.4 Å². The van der Waals surface area contributed by atoms with Gasteiger partial charge < -0.3 is 9.47 Å². The number of carbonyl (C=O) groups excluding carboxylic acids is 1. The molecule has 0 aliphatic carbocycles. The van der Waals surface area contributed by atoms with Gasteiger partial charge >= 0.3 is 0 Å². The molecule has 0 heterocycles. The van der Waals surface area contributed by atoms with Crippen LogP contribution in [0.3, 0.4) is 0 Å². The summed E-state index contributed by atoms with van der Waals surface area (Å²) in [4.78, 5) is 12.1. The van der Waals surface area contributed by atoms with E-state index in [4.69, 9.17) is 9.47 Å². The molecule has 0 unspecified atom stereocenters. The van der Waals surface area contributed by atoms with Gasteiger partial charge in [-0.25, -0.2) is 4.39 Å². The average Bonchev–Trinajstić information content (AvgIpc) is 2.48. The molecule has 21 heavy (non-hydrogen) atoms. The van der Waals surface area contributed by atoms with E-state index in [9.17, 15) is 13.6 Å². The lowest BCUT2D eigenvalue weighted by Gasteiger charge is -2.10. The SMILES string of the molecule is COc1cc(C)ccc1C(=O)COc1cccc(F)c1F. The molecule has 0 radical (unpaired) electrons. The van der Waals surface area contributed by atoms with Gasteiger partial charge in [0.05, 0.1) is 12.7 Å². The van der Waals surface area contributed by atoms with E-state index in [0.717, 1.165) is 11.6 Å². The number of hydrogen-bond donors (Lipinski definition) is 0. The standard InChI is InChI=1S/C16H14F2O3/c1-10-6-7-11(15(8-10)20-2)13(19)9-21-14-5-3-4-12(17)16(14)18/h3-8H,9H2,1-2H3. The Hall–Kier alpha value is -2.43. The first-order chi connectivity index (χ1) is 10.0. The predicted octanol–water partition coefficient (Wildman–Crippen LogP) is 3.54. The van der Waals surface area contributed by atoms with E-state index >= 15 is 0 Å². The number of hydrogen-bond acceptors (Lipinski definition) is 3. The zero-order chi connectivity index (χ0) is 15.4. The number of rotatable bonds is 5. The highest BCUT2D eigenvalue weighted by atomic mass is 19.2. The number of methoxy groups -OCH3 is 1. The quantitative estimate of drug-likeness (QED) is 0.791. The Morgan fingerprint density at radius 2 is 1.90 bits per heavy atom. The van der Waals surface area contributed by atoms with Crippen molar-refractivity contribution in [3.63, 3.8) is 0 Å². The summed E-state index contributed by atoms with van der Waals surface area (Å²) in [5.74, 6) is -2.39. The van der Waals surface area contributed by atoms with E-state index in [1.54, 1.807) is 18.2 Å².